The van der Waals surface area contributed by atoms with Crippen LogP contribution < -0.4 is 11.1 Å². The van der Waals surface area contributed by atoms with E-state index >= 15 is 0 Å². The van der Waals surface area contributed by atoms with Gasteiger partial charge in [-0.1, -0.05) is 25.7 Å². The van der Waals surface area contributed by atoms with Gasteiger partial charge in [-0.2, -0.15) is 0 Å². The van der Waals surface area contributed by atoms with E-state index in [2.05, 4.69) is 5.32 Å². The van der Waals surface area contributed by atoms with Crippen LogP contribution in [0.3, 0.4) is 0 Å². The fourth-order valence-electron chi connectivity index (χ4n) is 3.72. The molecule has 6 heteroatoms. The average molecular weight is 311 g/mol. The highest BCUT2D eigenvalue weighted by Crippen LogP contribution is 2.28. The Morgan fingerprint density at radius 1 is 1.18 bits per heavy atom. The topological polar surface area (TPSA) is 95.7 Å². The van der Waals surface area contributed by atoms with Gasteiger partial charge in [0, 0.05) is 6.54 Å². The summed E-state index contributed by atoms with van der Waals surface area (Å²) in [4.78, 5) is 25.6. The Morgan fingerprint density at radius 2 is 1.86 bits per heavy atom. The number of hydrogen-bond acceptors (Lipinski definition) is 4. The molecule has 2 amide bonds. The first-order valence-corrected chi connectivity index (χ1v) is 8.48. The van der Waals surface area contributed by atoms with Crippen molar-refractivity contribution in [1.82, 2.24) is 10.2 Å². The standard InChI is InChI=1S/C16H29N3O3/c17-14(21)11-19-9-5-6-13(10-19)15(22)18-16(12-20)7-3-1-2-4-8-16/h13,20H,1-12H2,(H2,17,21)(H,18,22). The number of aliphatic hydroxyl groups is 1. The number of hydrogen-bond donors (Lipinski definition) is 3. The first-order chi connectivity index (χ1) is 10.5. The quantitative estimate of drug-likeness (QED) is 0.640. The monoisotopic (exact) mass is 311 g/mol. The Morgan fingerprint density at radius 3 is 2.45 bits per heavy atom. The van der Waals surface area contributed by atoms with E-state index in [-0.39, 0.29) is 30.9 Å². The molecule has 1 atom stereocenters. The van der Waals surface area contributed by atoms with E-state index in [1.54, 1.807) is 0 Å². The molecule has 0 aromatic rings. The van der Waals surface area contributed by atoms with Gasteiger partial charge in [0.15, 0.2) is 0 Å². The Kier molecular flexibility index (Phi) is 6.20. The number of nitrogens with two attached hydrogens (primary N) is 1. The highest BCUT2D eigenvalue weighted by Gasteiger charge is 2.35. The van der Waals surface area contributed by atoms with E-state index in [1.807, 2.05) is 4.90 Å². The summed E-state index contributed by atoms with van der Waals surface area (Å²) in [5.41, 5.74) is 4.80. The van der Waals surface area contributed by atoms with Crippen molar-refractivity contribution in [3.63, 3.8) is 0 Å². The van der Waals surface area contributed by atoms with E-state index in [4.69, 9.17) is 5.73 Å². The predicted molar refractivity (Wildman–Crippen MR) is 84.0 cm³/mol. The first kappa shape index (κ1) is 17.2. The summed E-state index contributed by atoms with van der Waals surface area (Å²) in [6.45, 7) is 1.62. The predicted octanol–water partition coefficient (Wildman–Crippen LogP) is 0.385. The smallest absolute Gasteiger partial charge is 0.231 e. The molecular weight excluding hydrogens is 282 g/mol. The number of nitrogens with one attached hydrogen (secondary N) is 1. The van der Waals surface area contributed by atoms with Crippen molar-refractivity contribution in [3.8, 4) is 0 Å². The molecule has 22 heavy (non-hydrogen) atoms. The van der Waals surface area contributed by atoms with Gasteiger partial charge in [0.05, 0.1) is 24.6 Å². The van der Waals surface area contributed by atoms with Gasteiger partial charge in [-0.3, -0.25) is 14.5 Å². The van der Waals surface area contributed by atoms with Crippen LogP contribution in [0.1, 0.15) is 51.4 Å². The van der Waals surface area contributed by atoms with Gasteiger partial charge in [0.1, 0.15) is 0 Å². The van der Waals surface area contributed by atoms with E-state index in [0.717, 1.165) is 45.1 Å². The second-order valence-corrected chi connectivity index (χ2v) is 6.88. The number of carbonyl (C=O) groups is 2. The lowest BCUT2D eigenvalue weighted by molar-refractivity contribution is -0.130. The molecule has 0 bridgehead atoms. The number of primary amides is 1. The van der Waals surface area contributed by atoms with Gasteiger partial charge in [0.2, 0.25) is 11.8 Å². The summed E-state index contributed by atoms with van der Waals surface area (Å²) in [5.74, 6) is -0.443. The highest BCUT2D eigenvalue weighted by molar-refractivity contribution is 5.80. The summed E-state index contributed by atoms with van der Waals surface area (Å²) < 4.78 is 0. The van der Waals surface area contributed by atoms with Crippen molar-refractivity contribution in [2.75, 3.05) is 26.2 Å². The second kappa shape index (κ2) is 7.92. The summed E-state index contributed by atoms with van der Waals surface area (Å²) in [5, 5.41) is 12.9. The third-order valence-electron chi connectivity index (χ3n) is 5.01. The maximum Gasteiger partial charge on any atom is 0.231 e. The lowest BCUT2D eigenvalue weighted by atomic mass is 9.89. The molecule has 1 aliphatic heterocycles. The zero-order valence-electron chi connectivity index (χ0n) is 13.4. The maximum atomic E-state index is 12.6. The highest BCUT2D eigenvalue weighted by atomic mass is 16.3. The molecular formula is C16H29N3O3. The normalized spacial score (nSPS) is 26.1. The largest absolute Gasteiger partial charge is 0.394 e. The van der Waals surface area contributed by atoms with Crippen LogP contribution in [0.4, 0.5) is 0 Å². The molecule has 1 saturated carbocycles. The molecule has 1 aliphatic carbocycles. The van der Waals surface area contributed by atoms with E-state index < -0.39 is 5.54 Å². The van der Waals surface area contributed by atoms with Crippen molar-refractivity contribution in [3.05, 3.63) is 0 Å². The number of nitrogens with zero attached hydrogens (tertiary/aromatic N) is 1. The molecule has 2 fully saturated rings. The maximum absolute atomic E-state index is 12.6. The number of piperidine rings is 1. The van der Waals surface area contributed by atoms with Crippen molar-refractivity contribution in [2.45, 2.75) is 56.9 Å². The molecule has 0 spiro atoms. The van der Waals surface area contributed by atoms with Gasteiger partial charge >= 0.3 is 0 Å². The third kappa shape index (κ3) is 4.68. The molecule has 2 rings (SSSR count). The second-order valence-electron chi connectivity index (χ2n) is 6.88. The average Bonchev–Trinajstić information content (AvgIpc) is 2.73. The van der Waals surface area contributed by atoms with Crippen LogP contribution >= 0.6 is 0 Å². The van der Waals surface area contributed by atoms with E-state index in [1.165, 1.54) is 12.8 Å². The number of amides is 2. The molecule has 0 aromatic carbocycles. The number of likely N-dealkylation sites (tertiary alicyclic amines) is 1. The van der Waals surface area contributed by atoms with E-state index in [9.17, 15) is 14.7 Å². The number of rotatable bonds is 5. The SMILES string of the molecule is NC(=O)CN1CCCC(C(=O)NC2(CO)CCCCCC2)C1. The minimum absolute atomic E-state index is 0.0104. The van der Waals surface area contributed by atoms with Gasteiger partial charge in [-0.25, -0.2) is 0 Å². The van der Waals surface area contributed by atoms with Crippen LogP contribution in [-0.4, -0.2) is 53.6 Å². The Hall–Kier alpha value is -1.14. The zero-order chi connectivity index (χ0) is 16.0. The van der Waals surface area contributed by atoms with Gasteiger partial charge in [-0.15, -0.1) is 0 Å². The van der Waals surface area contributed by atoms with Crippen LogP contribution in [-0.2, 0) is 9.59 Å². The molecule has 126 valence electrons. The molecule has 1 heterocycles. The van der Waals surface area contributed by atoms with Gasteiger partial charge in [-0.05, 0) is 32.2 Å². The van der Waals surface area contributed by atoms with Crippen molar-refractivity contribution >= 4 is 11.8 Å². The Balaban J connectivity index is 1.93. The minimum Gasteiger partial charge on any atom is -0.394 e. The molecule has 1 saturated heterocycles. The summed E-state index contributed by atoms with van der Waals surface area (Å²) in [6.07, 6.45) is 7.90. The van der Waals surface area contributed by atoms with Crippen LogP contribution in [0.25, 0.3) is 0 Å². The van der Waals surface area contributed by atoms with Crippen molar-refractivity contribution in [2.24, 2.45) is 11.7 Å². The summed E-state index contributed by atoms with van der Waals surface area (Å²) in [7, 11) is 0. The third-order valence-corrected chi connectivity index (χ3v) is 5.01. The van der Waals surface area contributed by atoms with Crippen LogP contribution in [0.15, 0.2) is 0 Å². The molecule has 6 nitrogen and oxygen atoms in total. The van der Waals surface area contributed by atoms with Crippen molar-refractivity contribution < 1.29 is 14.7 Å². The van der Waals surface area contributed by atoms with Crippen LogP contribution in [0.5, 0.6) is 0 Å². The Labute approximate surface area is 132 Å². The molecule has 0 aromatic heterocycles. The van der Waals surface area contributed by atoms with Gasteiger partial charge in [0.25, 0.3) is 0 Å². The number of aliphatic hydroxyl groups excluding tert-OH is 1. The molecule has 2 aliphatic rings. The Bertz CT molecular complexity index is 392. The minimum atomic E-state index is -0.445. The molecule has 1 unspecified atom stereocenters. The zero-order valence-corrected chi connectivity index (χ0v) is 13.4. The molecule has 4 N–H and O–H groups in total. The summed E-state index contributed by atoms with van der Waals surface area (Å²) in [6, 6.07) is 0. The van der Waals surface area contributed by atoms with Crippen LogP contribution in [0.2, 0.25) is 0 Å². The van der Waals surface area contributed by atoms with Crippen LogP contribution in [0, 0.1) is 5.92 Å². The fourth-order valence-corrected chi connectivity index (χ4v) is 3.72. The lowest BCUT2D eigenvalue weighted by Gasteiger charge is -2.36. The summed E-state index contributed by atoms with van der Waals surface area (Å²) >= 11 is 0. The van der Waals surface area contributed by atoms with Crippen molar-refractivity contribution in [1.29, 1.82) is 0 Å². The van der Waals surface area contributed by atoms with Gasteiger partial charge < -0.3 is 16.2 Å². The number of carbonyl (C=O) groups excluding carboxylic acids is 2. The fraction of sp³-hybridized carbons (Fsp3) is 0.875. The van der Waals surface area contributed by atoms with E-state index in [0.29, 0.717) is 6.54 Å². The lowest BCUT2D eigenvalue weighted by Crippen LogP contribution is -2.55. The molecule has 0 radical (unpaired) electrons. The first-order valence-electron chi connectivity index (χ1n) is 8.48.